The van der Waals surface area contributed by atoms with Gasteiger partial charge in [-0.05, 0) is 58.9 Å². The zero-order valence-electron chi connectivity index (χ0n) is 14.6. The monoisotopic (exact) mass is 318 g/mol. The molecule has 1 aromatic rings. The fraction of sp³-hybridized carbons (Fsp3) is 0.556. The third kappa shape index (κ3) is 4.32. The number of morpholine rings is 1. The van der Waals surface area contributed by atoms with Crippen LogP contribution in [0.3, 0.4) is 0 Å². The summed E-state index contributed by atoms with van der Waals surface area (Å²) in [5.41, 5.74) is 0.863. The first-order chi connectivity index (χ1) is 10.7. The number of nitrogens with zero attached hydrogens (tertiary/aromatic N) is 1. The Bertz CT molecular complexity index is 565. The van der Waals surface area contributed by atoms with E-state index in [1.807, 2.05) is 39.5 Å². The Balaban J connectivity index is 2.12. The van der Waals surface area contributed by atoms with E-state index >= 15 is 0 Å². The Morgan fingerprint density at radius 1 is 1.04 bits per heavy atom. The first-order valence-electron chi connectivity index (χ1n) is 8.02. The van der Waals surface area contributed by atoms with Gasteiger partial charge in [-0.25, -0.2) is 0 Å². The summed E-state index contributed by atoms with van der Waals surface area (Å²) < 4.78 is 5.46. The van der Waals surface area contributed by atoms with Crippen LogP contribution in [-0.4, -0.2) is 47.6 Å². The molecular formula is C18H26N2O3. The van der Waals surface area contributed by atoms with Crippen LogP contribution in [0.1, 0.15) is 55.3 Å². The van der Waals surface area contributed by atoms with E-state index in [0.29, 0.717) is 24.3 Å². The second-order valence-corrected chi connectivity index (χ2v) is 7.23. The molecule has 2 amide bonds. The molecule has 126 valence electrons. The molecule has 0 radical (unpaired) electrons. The number of carbonyl (C=O) groups excluding carboxylic acids is 2. The lowest BCUT2D eigenvalue weighted by atomic mass is 10.1. The molecule has 2 rings (SSSR count). The van der Waals surface area contributed by atoms with Gasteiger partial charge >= 0.3 is 0 Å². The Hall–Kier alpha value is -1.88. The molecular weight excluding hydrogens is 292 g/mol. The lowest BCUT2D eigenvalue weighted by molar-refractivity contribution is -0.0249. The normalized spacial score (nSPS) is 21.9. The molecule has 1 aliphatic heterocycles. The van der Waals surface area contributed by atoms with Gasteiger partial charge in [-0.1, -0.05) is 0 Å². The van der Waals surface area contributed by atoms with Gasteiger partial charge in [-0.3, -0.25) is 9.59 Å². The molecule has 1 aromatic carbocycles. The fourth-order valence-electron chi connectivity index (χ4n) is 2.73. The average molecular weight is 318 g/mol. The maximum atomic E-state index is 12.7. The predicted octanol–water partition coefficient (Wildman–Crippen LogP) is 2.46. The van der Waals surface area contributed by atoms with Crippen LogP contribution >= 0.6 is 0 Å². The zero-order valence-corrected chi connectivity index (χ0v) is 14.6. The van der Waals surface area contributed by atoms with Gasteiger partial charge in [0.1, 0.15) is 0 Å². The van der Waals surface area contributed by atoms with Crippen LogP contribution in [0.5, 0.6) is 0 Å². The first-order valence-corrected chi connectivity index (χ1v) is 8.02. The standard InChI is InChI=1S/C18H26N2O3/c1-12-10-23-11-13(2)20(12)17(22)15-8-6-14(7-9-15)16(21)19-18(3,4)5/h6-9,12-13H,10-11H2,1-5H3,(H,19,21)/t12-,13+. The molecule has 5 heteroatoms. The van der Waals surface area contributed by atoms with Crippen LogP contribution in [0, 0.1) is 0 Å². The molecule has 1 N–H and O–H groups in total. The number of rotatable bonds is 2. The van der Waals surface area contributed by atoms with Crippen molar-refractivity contribution in [2.45, 2.75) is 52.2 Å². The summed E-state index contributed by atoms with van der Waals surface area (Å²) in [6.07, 6.45) is 0. The molecule has 0 unspecified atom stereocenters. The smallest absolute Gasteiger partial charge is 0.254 e. The van der Waals surface area contributed by atoms with Crippen LogP contribution in [0.2, 0.25) is 0 Å². The molecule has 0 spiro atoms. The molecule has 0 bridgehead atoms. The third-order valence-corrected chi connectivity index (χ3v) is 3.78. The number of ether oxygens (including phenoxy) is 1. The molecule has 5 nitrogen and oxygen atoms in total. The number of carbonyl (C=O) groups is 2. The molecule has 0 aromatic heterocycles. The topological polar surface area (TPSA) is 58.6 Å². The molecule has 0 saturated carbocycles. The zero-order chi connectivity index (χ0) is 17.2. The van der Waals surface area contributed by atoms with Crippen molar-refractivity contribution in [2.75, 3.05) is 13.2 Å². The van der Waals surface area contributed by atoms with E-state index in [-0.39, 0.29) is 29.4 Å². The van der Waals surface area contributed by atoms with E-state index < -0.39 is 0 Å². The van der Waals surface area contributed by atoms with Gasteiger partial charge in [-0.2, -0.15) is 0 Å². The number of benzene rings is 1. The summed E-state index contributed by atoms with van der Waals surface area (Å²) in [5.74, 6) is -0.152. The van der Waals surface area contributed by atoms with Crippen molar-refractivity contribution in [3.8, 4) is 0 Å². The maximum absolute atomic E-state index is 12.7. The molecule has 0 aliphatic carbocycles. The highest BCUT2D eigenvalue weighted by atomic mass is 16.5. The predicted molar refractivity (Wildman–Crippen MR) is 89.6 cm³/mol. The summed E-state index contributed by atoms with van der Waals surface area (Å²) in [6.45, 7) is 10.9. The number of amides is 2. The number of nitrogens with one attached hydrogen (secondary N) is 1. The first kappa shape index (κ1) is 17.5. The van der Waals surface area contributed by atoms with Crippen LogP contribution in [0.25, 0.3) is 0 Å². The van der Waals surface area contributed by atoms with Gasteiger partial charge in [0.2, 0.25) is 0 Å². The van der Waals surface area contributed by atoms with Crippen LogP contribution in [0.15, 0.2) is 24.3 Å². The minimum absolute atomic E-state index is 0.0175. The van der Waals surface area contributed by atoms with Crippen molar-refractivity contribution < 1.29 is 14.3 Å². The van der Waals surface area contributed by atoms with E-state index in [0.717, 1.165) is 0 Å². The van der Waals surface area contributed by atoms with Crippen molar-refractivity contribution >= 4 is 11.8 Å². The van der Waals surface area contributed by atoms with Gasteiger partial charge in [0.05, 0.1) is 25.3 Å². The molecule has 2 atom stereocenters. The van der Waals surface area contributed by atoms with Crippen molar-refractivity contribution in [3.63, 3.8) is 0 Å². The molecule has 1 fully saturated rings. The van der Waals surface area contributed by atoms with Gasteiger partial charge in [0.25, 0.3) is 11.8 Å². The Morgan fingerprint density at radius 3 is 2.00 bits per heavy atom. The number of hydrogen-bond donors (Lipinski definition) is 1. The van der Waals surface area contributed by atoms with Crippen LogP contribution in [0.4, 0.5) is 0 Å². The Labute approximate surface area is 138 Å². The lowest BCUT2D eigenvalue weighted by Gasteiger charge is -2.38. The minimum Gasteiger partial charge on any atom is -0.377 e. The van der Waals surface area contributed by atoms with Gasteiger partial charge < -0.3 is 15.0 Å². The van der Waals surface area contributed by atoms with E-state index in [1.165, 1.54) is 0 Å². The summed E-state index contributed by atoms with van der Waals surface area (Å²) >= 11 is 0. The minimum atomic E-state index is -0.287. The average Bonchev–Trinajstić information content (AvgIpc) is 2.45. The summed E-state index contributed by atoms with van der Waals surface area (Å²) in [4.78, 5) is 26.7. The maximum Gasteiger partial charge on any atom is 0.254 e. The van der Waals surface area contributed by atoms with Crippen molar-refractivity contribution in [1.29, 1.82) is 0 Å². The quantitative estimate of drug-likeness (QED) is 0.911. The van der Waals surface area contributed by atoms with E-state index in [1.54, 1.807) is 24.3 Å². The second-order valence-electron chi connectivity index (χ2n) is 7.23. The highest BCUT2D eigenvalue weighted by Gasteiger charge is 2.30. The van der Waals surface area contributed by atoms with E-state index in [9.17, 15) is 9.59 Å². The lowest BCUT2D eigenvalue weighted by Crippen LogP contribution is -2.52. The Kier molecular flexibility index (Phi) is 5.09. The third-order valence-electron chi connectivity index (χ3n) is 3.78. The molecule has 1 aliphatic rings. The molecule has 1 heterocycles. The van der Waals surface area contributed by atoms with E-state index in [4.69, 9.17) is 4.74 Å². The Morgan fingerprint density at radius 2 is 1.52 bits per heavy atom. The fourth-order valence-corrected chi connectivity index (χ4v) is 2.73. The van der Waals surface area contributed by atoms with Gasteiger partial charge in [0, 0.05) is 16.7 Å². The molecule has 23 heavy (non-hydrogen) atoms. The summed E-state index contributed by atoms with van der Waals surface area (Å²) in [6, 6.07) is 6.93. The summed E-state index contributed by atoms with van der Waals surface area (Å²) in [5, 5.41) is 2.91. The SMILES string of the molecule is C[C@@H]1COC[C@H](C)N1C(=O)c1ccc(C(=O)NC(C)(C)C)cc1. The van der Waals surface area contributed by atoms with Gasteiger partial charge in [0.15, 0.2) is 0 Å². The van der Waals surface area contributed by atoms with Gasteiger partial charge in [-0.15, -0.1) is 0 Å². The number of hydrogen-bond acceptors (Lipinski definition) is 3. The van der Waals surface area contributed by atoms with Crippen molar-refractivity contribution in [2.24, 2.45) is 0 Å². The van der Waals surface area contributed by atoms with Crippen molar-refractivity contribution in [1.82, 2.24) is 10.2 Å². The highest BCUT2D eigenvalue weighted by molar-refractivity contribution is 5.98. The second kappa shape index (κ2) is 6.71. The van der Waals surface area contributed by atoms with Crippen LogP contribution in [-0.2, 0) is 4.74 Å². The highest BCUT2D eigenvalue weighted by Crippen LogP contribution is 2.18. The van der Waals surface area contributed by atoms with Crippen LogP contribution < -0.4 is 5.32 Å². The summed E-state index contributed by atoms with van der Waals surface area (Å²) in [7, 11) is 0. The largest absolute Gasteiger partial charge is 0.377 e. The molecule has 1 saturated heterocycles. The van der Waals surface area contributed by atoms with E-state index in [2.05, 4.69) is 5.32 Å². The van der Waals surface area contributed by atoms with Crippen molar-refractivity contribution in [3.05, 3.63) is 35.4 Å².